The molecule has 2 unspecified atom stereocenters. The predicted octanol–water partition coefficient (Wildman–Crippen LogP) is 0.558. The maximum Gasteiger partial charge on any atom is 0.0166 e. The van der Waals surface area contributed by atoms with E-state index >= 15 is 0 Å². The molecule has 4 nitrogen and oxygen atoms in total. The fraction of sp³-hybridized carbons (Fsp3) is 1.00. The van der Waals surface area contributed by atoms with Gasteiger partial charge in [0.25, 0.3) is 0 Å². The molecule has 0 aromatic rings. The van der Waals surface area contributed by atoms with Gasteiger partial charge in [0.05, 0.1) is 0 Å². The van der Waals surface area contributed by atoms with E-state index in [1.54, 1.807) is 0 Å². The van der Waals surface area contributed by atoms with Crippen LogP contribution in [0.4, 0.5) is 0 Å². The lowest BCUT2D eigenvalue weighted by Gasteiger charge is -2.26. The number of hydrogen-bond donors (Lipinski definition) is 1. The summed E-state index contributed by atoms with van der Waals surface area (Å²) < 4.78 is 0. The van der Waals surface area contributed by atoms with Crippen LogP contribution in [0.25, 0.3) is 0 Å². The van der Waals surface area contributed by atoms with E-state index in [0.717, 1.165) is 26.2 Å². The highest BCUT2D eigenvalue weighted by Crippen LogP contribution is 2.02. The molecule has 0 rings (SSSR count). The van der Waals surface area contributed by atoms with Crippen molar-refractivity contribution in [3.63, 3.8) is 0 Å². The van der Waals surface area contributed by atoms with E-state index in [2.05, 4.69) is 51.8 Å². The van der Waals surface area contributed by atoms with Crippen molar-refractivity contribution in [3.8, 4) is 0 Å². The number of hydrazine groups is 1. The summed E-state index contributed by atoms with van der Waals surface area (Å²) in [6.07, 6.45) is 0. The van der Waals surface area contributed by atoms with Crippen molar-refractivity contribution >= 4 is 0 Å². The molecule has 0 aromatic heterocycles. The minimum Gasteiger partial charge on any atom is -0.309 e. The summed E-state index contributed by atoms with van der Waals surface area (Å²) >= 11 is 0. The maximum atomic E-state index is 6.02. The molecule has 0 bridgehead atoms. The second-order valence-electron chi connectivity index (χ2n) is 5.69. The molecule has 0 aliphatic heterocycles. The van der Waals surface area contributed by atoms with Crippen LogP contribution in [-0.4, -0.2) is 69.2 Å². The van der Waals surface area contributed by atoms with Gasteiger partial charge in [0.2, 0.25) is 0 Å². The monoisotopic (exact) mass is 230 g/mol. The van der Waals surface area contributed by atoms with Gasteiger partial charge in [0, 0.05) is 26.2 Å². The summed E-state index contributed by atoms with van der Waals surface area (Å²) in [5.41, 5.74) is 0. The normalized spacial score (nSPS) is 16.1. The number of nitrogens with zero attached hydrogens (tertiary/aromatic N) is 3. The Labute approximate surface area is 101 Å². The van der Waals surface area contributed by atoms with Crippen molar-refractivity contribution in [3.05, 3.63) is 0 Å². The number of rotatable bonds is 8. The van der Waals surface area contributed by atoms with Gasteiger partial charge in [-0.3, -0.25) is 5.84 Å². The van der Waals surface area contributed by atoms with Crippen molar-refractivity contribution < 1.29 is 0 Å². The second kappa shape index (κ2) is 8.01. The third-order valence-electron chi connectivity index (χ3n) is 2.45. The first kappa shape index (κ1) is 15.8. The summed E-state index contributed by atoms with van der Waals surface area (Å²) in [6.45, 7) is 8.62. The van der Waals surface area contributed by atoms with Crippen molar-refractivity contribution in [1.29, 1.82) is 0 Å². The summed E-state index contributed by atoms with van der Waals surface area (Å²) in [6, 6.07) is 0. The van der Waals surface area contributed by atoms with Gasteiger partial charge >= 0.3 is 0 Å². The molecule has 0 radical (unpaired) electrons. The fourth-order valence-electron chi connectivity index (χ4n) is 2.24. The minimum absolute atomic E-state index is 0.617. The molecule has 98 valence electrons. The van der Waals surface area contributed by atoms with E-state index in [4.69, 9.17) is 5.84 Å². The SMILES string of the molecule is CC(CN(C)C)CN(N)CC(C)CN(C)C. The molecule has 0 aliphatic rings. The zero-order valence-electron chi connectivity index (χ0n) is 11.9. The average Bonchev–Trinajstić information content (AvgIpc) is 1.97. The molecule has 0 saturated carbocycles. The fourth-order valence-corrected chi connectivity index (χ4v) is 2.24. The summed E-state index contributed by atoms with van der Waals surface area (Å²) in [4.78, 5) is 4.42. The van der Waals surface area contributed by atoms with E-state index in [1.165, 1.54) is 0 Å². The molecule has 4 heteroatoms. The first-order chi connectivity index (χ1) is 7.31. The first-order valence-electron chi connectivity index (χ1n) is 6.10. The van der Waals surface area contributed by atoms with Crippen LogP contribution in [-0.2, 0) is 0 Å². The smallest absolute Gasteiger partial charge is 0.0166 e. The minimum atomic E-state index is 0.617. The van der Waals surface area contributed by atoms with Crippen LogP contribution in [0.5, 0.6) is 0 Å². The Kier molecular flexibility index (Phi) is 7.93. The Morgan fingerprint density at radius 3 is 1.31 bits per heavy atom. The van der Waals surface area contributed by atoms with Gasteiger partial charge in [0.15, 0.2) is 0 Å². The third-order valence-corrected chi connectivity index (χ3v) is 2.45. The highest BCUT2D eigenvalue weighted by atomic mass is 15.4. The summed E-state index contributed by atoms with van der Waals surface area (Å²) in [7, 11) is 8.41. The molecule has 0 saturated heterocycles. The Hall–Kier alpha value is -0.160. The van der Waals surface area contributed by atoms with Gasteiger partial charge in [0.1, 0.15) is 0 Å². The molecule has 0 heterocycles. The molecular formula is C12H30N4. The lowest BCUT2D eigenvalue weighted by Crippen LogP contribution is -2.42. The molecule has 0 fully saturated rings. The molecule has 0 aromatic carbocycles. The molecule has 2 atom stereocenters. The highest BCUT2D eigenvalue weighted by molar-refractivity contribution is 4.64. The van der Waals surface area contributed by atoms with Crippen molar-refractivity contribution in [1.82, 2.24) is 14.8 Å². The van der Waals surface area contributed by atoms with Crippen LogP contribution in [0.1, 0.15) is 13.8 Å². The van der Waals surface area contributed by atoms with Crippen molar-refractivity contribution in [2.75, 3.05) is 54.4 Å². The zero-order chi connectivity index (χ0) is 12.7. The van der Waals surface area contributed by atoms with Gasteiger partial charge in [-0.2, -0.15) is 0 Å². The first-order valence-corrected chi connectivity index (χ1v) is 6.10. The van der Waals surface area contributed by atoms with Gasteiger partial charge in [-0.1, -0.05) is 13.8 Å². The van der Waals surface area contributed by atoms with E-state index in [9.17, 15) is 0 Å². The maximum absolute atomic E-state index is 6.02. The van der Waals surface area contributed by atoms with E-state index in [-0.39, 0.29) is 0 Å². The predicted molar refractivity (Wildman–Crippen MR) is 71.2 cm³/mol. The number of hydrogen-bond acceptors (Lipinski definition) is 4. The summed E-state index contributed by atoms with van der Waals surface area (Å²) in [5, 5.41) is 1.96. The van der Waals surface area contributed by atoms with Crippen LogP contribution in [0.15, 0.2) is 0 Å². The molecule has 16 heavy (non-hydrogen) atoms. The van der Waals surface area contributed by atoms with Gasteiger partial charge in [-0.15, -0.1) is 0 Å². The topological polar surface area (TPSA) is 35.7 Å². The van der Waals surface area contributed by atoms with Crippen LogP contribution in [0.2, 0.25) is 0 Å². The molecule has 0 amide bonds. The molecule has 0 aliphatic carbocycles. The second-order valence-corrected chi connectivity index (χ2v) is 5.69. The molecule has 2 N–H and O–H groups in total. The van der Waals surface area contributed by atoms with Gasteiger partial charge in [-0.05, 0) is 40.0 Å². The van der Waals surface area contributed by atoms with Gasteiger partial charge in [-0.25, -0.2) is 5.01 Å². The Morgan fingerprint density at radius 1 is 0.750 bits per heavy atom. The standard InChI is InChI=1S/C12H30N4/c1-11(7-14(3)4)9-16(13)10-12(2)8-15(5)6/h11-12H,7-10,13H2,1-6H3. The van der Waals surface area contributed by atoms with Gasteiger partial charge < -0.3 is 9.80 Å². The van der Waals surface area contributed by atoms with E-state index in [1.807, 2.05) is 5.01 Å². The quantitative estimate of drug-likeness (QED) is 0.488. The lowest BCUT2D eigenvalue weighted by atomic mass is 10.1. The van der Waals surface area contributed by atoms with Crippen molar-refractivity contribution in [2.45, 2.75) is 13.8 Å². The van der Waals surface area contributed by atoms with E-state index in [0.29, 0.717) is 11.8 Å². The van der Waals surface area contributed by atoms with Crippen LogP contribution in [0.3, 0.4) is 0 Å². The average molecular weight is 230 g/mol. The molecule has 0 spiro atoms. The highest BCUT2D eigenvalue weighted by Gasteiger charge is 2.11. The Bertz CT molecular complexity index is 152. The van der Waals surface area contributed by atoms with Crippen LogP contribution < -0.4 is 5.84 Å². The summed E-state index contributed by atoms with van der Waals surface area (Å²) in [5.74, 6) is 7.26. The zero-order valence-corrected chi connectivity index (χ0v) is 11.9. The van der Waals surface area contributed by atoms with Crippen LogP contribution in [0, 0.1) is 11.8 Å². The largest absolute Gasteiger partial charge is 0.309 e. The Morgan fingerprint density at radius 2 is 1.06 bits per heavy atom. The third kappa shape index (κ3) is 9.09. The van der Waals surface area contributed by atoms with E-state index < -0.39 is 0 Å². The molecular weight excluding hydrogens is 200 g/mol. The van der Waals surface area contributed by atoms with Crippen molar-refractivity contribution in [2.24, 2.45) is 17.7 Å². The van der Waals surface area contributed by atoms with Crippen LogP contribution >= 0.6 is 0 Å². The Balaban J connectivity index is 3.75. The lowest BCUT2D eigenvalue weighted by molar-refractivity contribution is 0.179. The number of nitrogens with two attached hydrogens (primary N) is 1.